The quantitative estimate of drug-likeness (QED) is 0.184. The number of thiophene rings is 1. The molecule has 0 unspecified atom stereocenters. The minimum absolute atomic E-state index is 0.0959. The summed E-state index contributed by atoms with van der Waals surface area (Å²) in [5.41, 5.74) is -2.59. The van der Waals surface area contributed by atoms with E-state index in [4.69, 9.17) is 19.2 Å². The van der Waals surface area contributed by atoms with Gasteiger partial charge in [-0.25, -0.2) is 0 Å². The molecule has 0 aliphatic rings. The molecule has 0 N–H and O–H groups in total. The van der Waals surface area contributed by atoms with Gasteiger partial charge in [-0.1, -0.05) is 115 Å². The van der Waals surface area contributed by atoms with E-state index in [2.05, 4.69) is 0 Å². The van der Waals surface area contributed by atoms with Crippen LogP contribution in [0.25, 0.3) is 85.5 Å². The number of fused-ring (bicyclic) bond motifs is 7. The summed E-state index contributed by atoms with van der Waals surface area (Å²) in [7, 11) is 0. The van der Waals surface area contributed by atoms with Crippen molar-refractivity contribution >= 4 is 74.6 Å². The molecule has 0 fully saturated rings. The average Bonchev–Trinajstić information content (AvgIpc) is 3.69. The lowest BCUT2D eigenvalue weighted by molar-refractivity contribution is 1.69. The van der Waals surface area contributed by atoms with Crippen LogP contribution in [0.3, 0.4) is 0 Å². The molecule has 0 bridgehead atoms. The number of rotatable bonds is 2. The monoisotopic (exact) mass is 560 g/mol. The van der Waals surface area contributed by atoms with Crippen LogP contribution in [-0.2, 0) is 0 Å². The SMILES string of the molecule is [2H]c1c(-c2c3c([2H])c([2H])c([2H])c([2H])c3c(-c3c([2H])c([2H])c4c([2H])c([2H])c([2H])c([2H])c4c3[2H])c3c([2H])c([2H])c([2H])c([2H])c23)c([2H])c2c(sc3c([2H])c4c([2H])c([2H])c([2H])c([2H])c4c([2H])c32)c1[2H]. The zero-order valence-electron chi connectivity index (χ0n) is 44.4. The Labute approximate surface area is 275 Å². The van der Waals surface area contributed by atoms with Crippen LogP contribution in [0, 0.1) is 0 Å². The summed E-state index contributed by atoms with van der Waals surface area (Å²) >= 11 is 0.693. The molecule has 190 valence electrons. The first-order valence-electron chi connectivity index (χ1n) is 24.2. The zero-order valence-corrected chi connectivity index (χ0v) is 21.2. The lowest BCUT2D eigenvalue weighted by Gasteiger charge is -2.18. The number of hydrogen-bond donors (Lipinski definition) is 0. The Morgan fingerprint density at radius 3 is 1.44 bits per heavy atom. The fourth-order valence-electron chi connectivity index (χ4n) is 5.02. The van der Waals surface area contributed by atoms with Crippen LogP contribution in [0.15, 0.2) is 145 Å². The summed E-state index contributed by atoms with van der Waals surface area (Å²) in [6.07, 6.45) is 0. The maximum atomic E-state index is 9.80. The van der Waals surface area contributed by atoms with Gasteiger partial charge in [-0.05, 0) is 95.6 Å². The highest BCUT2D eigenvalue weighted by molar-refractivity contribution is 7.25. The van der Waals surface area contributed by atoms with Gasteiger partial charge in [0.2, 0.25) is 0 Å². The third-order valence-electron chi connectivity index (χ3n) is 6.76. The highest BCUT2D eigenvalue weighted by Crippen LogP contribution is 2.46. The lowest BCUT2D eigenvalue weighted by Crippen LogP contribution is -1.91. The molecule has 0 saturated carbocycles. The summed E-state index contributed by atoms with van der Waals surface area (Å²) in [5, 5.41) is -4.86. The Hall–Kier alpha value is -4.98. The van der Waals surface area contributed by atoms with Crippen molar-refractivity contribution in [3.63, 3.8) is 0 Å². The summed E-state index contributed by atoms with van der Waals surface area (Å²) in [6.45, 7) is 0. The Morgan fingerprint density at radius 1 is 0.341 bits per heavy atom. The van der Waals surface area contributed by atoms with Gasteiger partial charge in [0.25, 0.3) is 0 Å². The summed E-state index contributed by atoms with van der Waals surface area (Å²) in [4.78, 5) is 0. The zero-order chi connectivity index (χ0) is 47.8. The Morgan fingerprint density at radius 2 is 0.805 bits per heavy atom. The van der Waals surface area contributed by atoms with E-state index in [0.29, 0.717) is 11.3 Å². The van der Waals surface area contributed by atoms with Crippen LogP contribution in [0.2, 0.25) is 0 Å². The minimum atomic E-state index is -0.919. The van der Waals surface area contributed by atoms with E-state index in [0.717, 1.165) is 0 Å². The molecule has 1 aromatic heterocycles. The molecule has 8 aromatic carbocycles. The van der Waals surface area contributed by atoms with Crippen molar-refractivity contribution in [3.05, 3.63) is 145 Å². The highest BCUT2D eigenvalue weighted by atomic mass is 32.1. The first-order chi connectivity index (χ1) is 30.3. The second-order valence-corrected chi connectivity index (χ2v) is 10.0. The van der Waals surface area contributed by atoms with Gasteiger partial charge < -0.3 is 0 Å². The summed E-state index contributed by atoms with van der Waals surface area (Å²) < 4.78 is 214. The van der Waals surface area contributed by atoms with Crippen molar-refractivity contribution in [1.82, 2.24) is 0 Å². The molecular formula is C40H24S. The predicted octanol–water partition coefficient (Wildman–Crippen LogP) is 12.0. The van der Waals surface area contributed by atoms with Crippen LogP contribution in [-0.4, -0.2) is 0 Å². The molecule has 0 amide bonds. The molecular weight excluding hydrogens is 513 g/mol. The molecule has 0 spiro atoms. The van der Waals surface area contributed by atoms with Crippen LogP contribution < -0.4 is 0 Å². The smallest absolute Gasteiger partial charge is 0.0644 e. The van der Waals surface area contributed by atoms with Gasteiger partial charge in [-0.3, -0.25) is 0 Å². The fourth-order valence-corrected chi connectivity index (χ4v) is 5.99. The first-order valence-corrected chi connectivity index (χ1v) is 13.0. The van der Waals surface area contributed by atoms with Crippen molar-refractivity contribution in [2.45, 2.75) is 0 Å². The van der Waals surface area contributed by atoms with Crippen LogP contribution in [0.4, 0.5) is 0 Å². The van der Waals surface area contributed by atoms with E-state index < -0.39 is 200 Å². The van der Waals surface area contributed by atoms with E-state index in [1.807, 2.05) is 0 Å². The third kappa shape index (κ3) is 3.46. The highest BCUT2D eigenvalue weighted by Gasteiger charge is 2.17. The standard InChI is InChI=1S/C40H24S/c1-2-10-26-21-29(18-17-25(26)9-1)39-31-13-5-7-15-33(31)40(34-16-8-6-14-32(34)39)30-19-20-37-35(23-30)36-22-27-11-3-4-12-28(27)24-38(36)41-37/h1-24H/i1D,2D,3D,4D,5D,6D,7D,8D,9D,10D,11D,12D,13D,14D,15D,16D,17D,18D,19D,20D,21D,22D,23D,24D. The van der Waals surface area contributed by atoms with Crippen molar-refractivity contribution in [3.8, 4) is 22.3 Å². The fraction of sp³-hybridized carbons (Fsp3) is 0. The normalized spacial score (nSPS) is 20.1. The lowest BCUT2D eigenvalue weighted by atomic mass is 9.85. The third-order valence-corrected chi connectivity index (χ3v) is 7.78. The van der Waals surface area contributed by atoms with Gasteiger partial charge in [-0.2, -0.15) is 0 Å². The summed E-state index contributed by atoms with van der Waals surface area (Å²) in [6, 6.07) is -19.0. The van der Waals surface area contributed by atoms with Gasteiger partial charge in [0.05, 0.1) is 32.9 Å². The van der Waals surface area contributed by atoms with Crippen LogP contribution in [0.5, 0.6) is 0 Å². The van der Waals surface area contributed by atoms with Gasteiger partial charge in [0.15, 0.2) is 0 Å². The second kappa shape index (κ2) is 8.76. The average molecular weight is 561 g/mol. The van der Waals surface area contributed by atoms with E-state index in [1.54, 1.807) is 0 Å². The topological polar surface area (TPSA) is 0 Å². The number of benzene rings is 8. The molecule has 9 rings (SSSR count). The van der Waals surface area contributed by atoms with Crippen LogP contribution in [0.1, 0.15) is 32.9 Å². The van der Waals surface area contributed by atoms with Crippen molar-refractivity contribution in [1.29, 1.82) is 0 Å². The van der Waals surface area contributed by atoms with Gasteiger partial charge in [0.1, 0.15) is 0 Å². The second-order valence-electron chi connectivity index (χ2n) is 9.01. The molecule has 9 aromatic rings. The molecule has 0 radical (unpaired) electrons. The molecule has 0 saturated heterocycles. The largest absolute Gasteiger partial charge is 0.135 e. The maximum absolute atomic E-state index is 9.80. The molecule has 0 nitrogen and oxygen atoms in total. The van der Waals surface area contributed by atoms with Crippen molar-refractivity contribution in [2.24, 2.45) is 0 Å². The summed E-state index contributed by atoms with van der Waals surface area (Å²) in [5.74, 6) is 0. The molecule has 1 heteroatoms. The van der Waals surface area contributed by atoms with Gasteiger partial charge in [0, 0.05) is 20.2 Å². The minimum Gasteiger partial charge on any atom is -0.135 e. The molecule has 0 aliphatic heterocycles. The maximum Gasteiger partial charge on any atom is 0.0644 e. The van der Waals surface area contributed by atoms with E-state index in [9.17, 15) is 13.7 Å². The van der Waals surface area contributed by atoms with E-state index in [1.165, 1.54) is 0 Å². The predicted molar refractivity (Wildman–Crippen MR) is 180 cm³/mol. The van der Waals surface area contributed by atoms with Crippen molar-refractivity contribution in [2.75, 3.05) is 0 Å². The Kier molecular flexibility index (Phi) is 2.04. The molecule has 1 heterocycles. The van der Waals surface area contributed by atoms with Gasteiger partial charge in [-0.15, -0.1) is 11.3 Å². The molecule has 0 aliphatic carbocycles. The first kappa shape index (κ1) is 9.55. The van der Waals surface area contributed by atoms with Crippen molar-refractivity contribution < 1.29 is 32.9 Å². The van der Waals surface area contributed by atoms with E-state index >= 15 is 0 Å². The number of hydrogen-bond acceptors (Lipinski definition) is 1. The molecule has 41 heavy (non-hydrogen) atoms. The van der Waals surface area contributed by atoms with Crippen LogP contribution >= 0.6 is 11.3 Å². The molecule has 0 atom stereocenters. The Bertz CT molecular complexity index is 3740. The Balaban J connectivity index is 1.62. The van der Waals surface area contributed by atoms with E-state index in [-0.39, 0.29) is 30.9 Å². The van der Waals surface area contributed by atoms with Gasteiger partial charge >= 0.3 is 0 Å².